The molecule has 0 aromatic heterocycles. The highest BCUT2D eigenvalue weighted by molar-refractivity contribution is 6.04. The third-order valence-electron chi connectivity index (χ3n) is 4.06. The molecule has 1 aromatic rings. The molecule has 2 aliphatic rings. The third-order valence-corrected chi connectivity index (χ3v) is 4.06. The molecule has 102 valence electrons. The Morgan fingerprint density at radius 3 is 2.79 bits per heavy atom. The highest BCUT2D eigenvalue weighted by Crippen LogP contribution is 2.43. The second-order valence-electron chi connectivity index (χ2n) is 5.42. The number of ether oxygens (including phenoxy) is 1. The molecule has 1 aromatic carbocycles. The summed E-state index contributed by atoms with van der Waals surface area (Å²) in [5.74, 6) is 0.951. The number of benzene rings is 1. The number of hydrogen-bond acceptors (Lipinski definition) is 4. The maximum Gasteiger partial charge on any atom is 0.133 e. The molecule has 1 aliphatic carbocycles. The lowest BCUT2D eigenvalue weighted by atomic mass is 9.78. The van der Waals surface area contributed by atoms with Crippen LogP contribution in [0.15, 0.2) is 23.4 Å². The third kappa shape index (κ3) is 2.27. The monoisotopic (exact) mass is 261 g/mol. The van der Waals surface area contributed by atoms with Gasteiger partial charge in [0, 0.05) is 18.1 Å². The van der Waals surface area contributed by atoms with E-state index in [9.17, 15) is 5.11 Å². The number of aromatic hydroxyl groups is 1. The zero-order valence-corrected chi connectivity index (χ0v) is 11.2. The topological polar surface area (TPSA) is 51.0 Å². The normalized spacial score (nSPS) is 22.9. The predicted octanol–water partition coefficient (Wildman–Crippen LogP) is 3.23. The van der Waals surface area contributed by atoms with Gasteiger partial charge in [-0.15, -0.1) is 0 Å². The molecule has 1 spiro atoms. The zero-order chi connectivity index (χ0) is 13.3. The second kappa shape index (κ2) is 4.76. The van der Waals surface area contributed by atoms with E-state index in [1.165, 1.54) is 19.3 Å². The molecule has 4 nitrogen and oxygen atoms in total. The molecule has 0 bridgehead atoms. The Balaban J connectivity index is 2.02. The predicted molar refractivity (Wildman–Crippen MR) is 72.7 cm³/mol. The van der Waals surface area contributed by atoms with Crippen LogP contribution in [0.2, 0.25) is 0 Å². The second-order valence-corrected chi connectivity index (χ2v) is 5.42. The van der Waals surface area contributed by atoms with E-state index < -0.39 is 0 Å². The highest BCUT2D eigenvalue weighted by atomic mass is 16.6. The average Bonchev–Trinajstić information content (AvgIpc) is 2.39. The summed E-state index contributed by atoms with van der Waals surface area (Å²) in [5, 5.41) is 13.8. The quantitative estimate of drug-likeness (QED) is 0.790. The van der Waals surface area contributed by atoms with Crippen LogP contribution in [0, 0.1) is 0 Å². The summed E-state index contributed by atoms with van der Waals surface area (Å²) >= 11 is 0. The van der Waals surface area contributed by atoms with Gasteiger partial charge in [-0.25, -0.2) is 0 Å². The van der Waals surface area contributed by atoms with Crippen molar-refractivity contribution in [3.63, 3.8) is 0 Å². The SMILES string of the molecule is CO/N=C1/CC2(CCCCC2)Oc2cc(O)ccc21. The van der Waals surface area contributed by atoms with E-state index in [0.717, 1.165) is 36.3 Å². The molecule has 1 fully saturated rings. The molecule has 1 heterocycles. The highest BCUT2D eigenvalue weighted by Gasteiger charge is 2.40. The molecule has 0 saturated heterocycles. The van der Waals surface area contributed by atoms with Crippen molar-refractivity contribution >= 4 is 5.71 Å². The van der Waals surface area contributed by atoms with Gasteiger partial charge >= 0.3 is 0 Å². The van der Waals surface area contributed by atoms with Gasteiger partial charge in [-0.2, -0.15) is 0 Å². The fourth-order valence-corrected chi connectivity index (χ4v) is 3.17. The van der Waals surface area contributed by atoms with Gasteiger partial charge in [-0.3, -0.25) is 0 Å². The van der Waals surface area contributed by atoms with E-state index >= 15 is 0 Å². The molecule has 0 radical (unpaired) electrons. The maximum absolute atomic E-state index is 9.64. The minimum atomic E-state index is -0.156. The van der Waals surface area contributed by atoms with Gasteiger partial charge in [-0.1, -0.05) is 11.6 Å². The van der Waals surface area contributed by atoms with Crippen LogP contribution in [-0.4, -0.2) is 23.5 Å². The van der Waals surface area contributed by atoms with E-state index in [1.54, 1.807) is 19.2 Å². The van der Waals surface area contributed by atoms with E-state index in [2.05, 4.69) is 5.16 Å². The Morgan fingerprint density at radius 2 is 2.05 bits per heavy atom. The Bertz CT molecular complexity index is 504. The van der Waals surface area contributed by atoms with Crippen molar-refractivity contribution in [2.75, 3.05) is 7.11 Å². The Kier molecular flexibility index (Phi) is 3.09. The first-order chi connectivity index (χ1) is 9.22. The molecular formula is C15H19NO3. The lowest BCUT2D eigenvalue weighted by Gasteiger charge is -2.41. The number of rotatable bonds is 1. The largest absolute Gasteiger partial charge is 0.508 e. The number of hydrogen-bond donors (Lipinski definition) is 1. The summed E-state index contributed by atoms with van der Waals surface area (Å²) in [6.07, 6.45) is 6.53. The van der Waals surface area contributed by atoms with Gasteiger partial charge in [0.1, 0.15) is 24.2 Å². The zero-order valence-electron chi connectivity index (χ0n) is 11.2. The summed E-state index contributed by atoms with van der Waals surface area (Å²) < 4.78 is 6.22. The smallest absolute Gasteiger partial charge is 0.133 e. The fourth-order valence-electron chi connectivity index (χ4n) is 3.17. The van der Waals surface area contributed by atoms with Crippen molar-refractivity contribution in [2.24, 2.45) is 5.16 Å². The first-order valence-corrected chi connectivity index (χ1v) is 6.85. The lowest BCUT2D eigenvalue weighted by Crippen LogP contribution is -2.43. The van der Waals surface area contributed by atoms with Crippen LogP contribution in [0.25, 0.3) is 0 Å². The van der Waals surface area contributed by atoms with E-state index in [4.69, 9.17) is 9.57 Å². The van der Waals surface area contributed by atoms with Crippen LogP contribution < -0.4 is 4.74 Å². The summed E-state index contributed by atoms with van der Waals surface area (Å²) in [5.41, 5.74) is 1.69. The molecule has 0 atom stereocenters. The molecular weight excluding hydrogens is 242 g/mol. The van der Waals surface area contributed by atoms with Crippen LogP contribution in [0.1, 0.15) is 44.1 Å². The molecule has 19 heavy (non-hydrogen) atoms. The molecule has 3 rings (SSSR count). The minimum Gasteiger partial charge on any atom is -0.508 e. The Morgan fingerprint density at radius 1 is 1.26 bits per heavy atom. The van der Waals surface area contributed by atoms with Crippen LogP contribution in [0.3, 0.4) is 0 Å². The first-order valence-electron chi connectivity index (χ1n) is 6.85. The fraction of sp³-hybridized carbons (Fsp3) is 0.533. The number of nitrogens with zero attached hydrogens (tertiary/aromatic N) is 1. The number of phenolic OH excluding ortho intramolecular Hbond substituents is 1. The van der Waals surface area contributed by atoms with Gasteiger partial charge in [0.2, 0.25) is 0 Å². The first kappa shape index (κ1) is 12.3. The number of fused-ring (bicyclic) bond motifs is 1. The van der Waals surface area contributed by atoms with Crippen LogP contribution >= 0.6 is 0 Å². The molecule has 1 saturated carbocycles. The lowest BCUT2D eigenvalue weighted by molar-refractivity contribution is 0.0307. The Labute approximate surface area is 113 Å². The van der Waals surface area contributed by atoms with Crippen molar-refractivity contribution in [1.82, 2.24) is 0 Å². The maximum atomic E-state index is 9.64. The van der Waals surface area contributed by atoms with Crippen molar-refractivity contribution < 1.29 is 14.7 Å². The molecule has 1 aliphatic heterocycles. The van der Waals surface area contributed by atoms with Crippen LogP contribution in [-0.2, 0) is 4.84 Å². The summed E-state index contributed by atoms with van der Waals surface area (Å²) in [4.78, 5) is 4.97. The number of phenols is 1. The minimum absolute atomic E-state index is 0.156. The standard InChI is InChI=1S/C15H19NO3/c1-18-16-13-10-15(7-3-2-4-8-15)19-14-9-11(17)5-6-12(13)14/h5-6,9,17H,2-4,7-8,10H2,1H3/b16-13-. The van der Waals surface area contributed by atoms with Gasteiger partial charge < -0.3 is 14.7 Å². The van der Waals surface area contributed by atoms with E-state index in [-0.39, 0.29) is 11.4 Å². The van der Waals surface area contributed by atoms with Crippen molar-refractivity contribution in [1.29, 1.82) is 0 Å². The number of oxime groups is 1. The molecule has 0 amide bonds. The Hall–Kier alpha value is -1.71. The van der Waals surface area contributed by atoms with Crippen molar-refractivity contribution in [2.45, 2.75) is 44.1 Å². The van der Waals surface area contributed by atoms with Crippen LogP contribution in [0.5, 0.6) is 11.5 Å². The van der Waals surface area contributed by atoms with Crippen molar-refractivity contribution in [3.05, 3.63) is 23.8 Å². The van der Waals surface area contributed by atoms with Gasteiger partial charge in [0.25, 0.3) is 0 Å². The van der Waals surface area contributed by atoms with E-state index in [0.29, 0.717) is 0 Å². The van der Waals surface area contributed by atoms with Gasteiger partial charge in [0.15, 0.2) is 0 Å². The summed E-state index contributed by atoms with van der Waals surface area (Å²) in [6.45, 7) is 0. The summed E-state index contributed by atoms with van der Waals surface area (Å²) in [6, 6.07) is 5.18. The summed E-state index contributed by atoms with van der Waals surface area (Å²) in [7, 11) is 1.57. The van der Waals surface area contributed by atoms with E-state index in [1.807, 2.05) is 6.07 Å². The molecule has 0 unspecified atom stereocenters. The van der Waals surface area contributed by atoms with Gasteiger partial charge in [0.05, 0.1) is 5.71 Å². The average molecular weight is 261 g/mol. The molecule has 1 N–H and O–H groups in total. The molecule has 4 heteroatoms. The van der Waals surface area contributed by atoms with Crippen LogP contribution in [0.4, 0.5) is 0 Å². The van der Waals surface area contributed by atoms with Gasteiger partial charge in [-0.05, 0) is 37.8 Å². The van der Waals surface area contributed by atoms with Crippen molar-refractivity contribution in [3.8, 4) is 11.5 Å².